The van der Waals surface area contributed by atoms with E-state index in [2.05, 4.69) is 61.4 Å². The zero-order chi connectivity index (χ0) is 21.8. The van der Waals surface area contributed by atoms with E-state index in [1.807, 2.05) is 24.5 Å². The van der Waals surface area contributed by atoms with Crippen LogP contribution in [0.2, 0.25) is 0 Å². The van der Waals surface area contributed by atoms with Gasteiger partial charge in [0.25, 0.3) is 0 Å². The van der Waals surface area contributed by atoms with E-state index in [9.17, 15) is 0 Å². The minimum absolute atomic E-state index is 0.301. The molecule has 3 N–H and O–H groups in total. The number of hydrogen-bond donors (Lipinski definition) is 3. The van der Waals surface area contributed by atoms with E-state index < -0.39 is 0 Å². The average molecular weight is 433 g/mol. The first-order chi connectivity index (χ1) is 15.8. The molecule has 32 heavy (non-hydrogen) atoms. The second-order valence-corrected chi connectivity index (χ2v) is 8.90. The largest absolute Gasteiger partial charge is 0.497 e. The van der Waals surface area contributed by atoms with E-state index in [0.29, 0.717) is 17.9 Å². The lowest BCUT2D eigenvalue weighted by Gasteiger charge is -2.33. The maximum atomic E-state index is 5.35. The first kappa shape index (κ1) is 21.1. The van der Waals surface area contributed by atoms with Gasteiger partial charge in [0.1, 0.15) is 5.75 Å². The molecule has 3 atom stereocenters. The molecule has 2 aromatic carbocycles. The number of nitrogens with zero attached hydrogens (tertiary/aromatic N) is 3. The first-order valence-corrected chi connectivity index (χ1v) is 11.6. The van der Waals surface area contributed by atoms with E-state index in [0.717, 1.165) is 44.4 Å². The molecule has 3 unspecified atom stereocenters. The van der Waals surface area contributed by atoms with Crippen LogP contribution in [0.5, 0.6) is 5.75 Å². The minimum Gasteiger partial charge on any atom is -0.497 e. The van der Waals surface area contributed by atoms with Gasteiger partial charge in [0.05, 0.1) is 13.2 Å². The van der Waals surface area contributed by atoms with Crippen LogP contribution in [-0.2, 0) is 0 Å². The third kappa shape index (κ3) is 4.70. The molecule has 2 aliphatic heterocycles. The summed E-state index contributed by atoms with van der Waals surface area (Å²) < 4.78 is 5.35. The van der Waals surface area contributed by atoms with Crippen molar-refractivity contribution in [3.8, 4) is 5.75 Å². The number of hydrazine groups is 1. The SMILES string of the molecule is COc1ccc2cc(C3NNCC3CNCC3CCCN(c4ncccn4)C3)ccc2c1. The molecule has 7 heteroatoms. The van der Waals surface area contributed by atoms with E-state index >= 15 is 0 Å². The molecule has 0 bridgehead atoms. The number of rotatable bonds is 7. The van der Waals surface area contributed by atoms with Crippen LogP contribution in [0.15, 0.2) is 54.9 Å². The number of hydrogen-bond acceptors (Lipinski definition) is 7. The summed E-state index contributed by atoms with van der Waals surface area (Å²) in [6.07, 6.45) is 6.11. The van der Waals surface area contributed by atoms with E-state index in [-0.39, 0.29) is 0 Å². The molecule has 0 radical (unpaired) electrons. The zero-order valence-electron chi connectivity index (χ0n) is 18.6. The zero-order valence-corrected chi connectivity index (χ0v) is 18.6. The second-order valence-electron chi connectivity index (χ2n) is 8.90. The number of benzene rings is 2. The molecule has 0 saturated carbocycles. The maximum Gasteiger partial charge on any atom is 0.225 e. The molecular formula is C25H32N6O. The topological polar surface area (TPSA) is 74.3 Å². The number of anilines is 1. The molecule has 1 aromatic heterocycles. The lowest BCUT2D eigenvalue weighted by atomic mass is 9.92. The lowest BCUT2D eigenvalue weighted by Crippen LogP contribution is -2.41. The van der Waals surface area contributed by atoms with E-state index in [1.165, 1.54) is 29.2 Å². The Bertz CT molecular complexity index is 1030. The van der Waals surface area contributed by atoms with Crippen LogP contribution in [0.4, 0.5) is 5.95 Å². The molecule has 0 aliphatic carbocycles. The summed E-state index contributed by atoms with van der Waals surface area (Å²) in [4.78, 5) is 11.2. The smallest absolute Gasteiger partial charge is 0.225 e. The van der Waals surface area contributed by atoms with Crippen LogP contribution in [0.3, 0.4) is 0 Å². The fraction of sp³-hybridized carbons (Fsp3) is 0.440. The normalized spacial score (nSPS) is 23.5. The summed E-state index contributed by atoms with van der Waals surface area (Å²) in [6.45, 7) is 5.06. The third-order valence-corrected chi connectivity index (χ3v) is 6.72. The summed E-state index contributed by atoms with van der Waals surface area (Å²) in [6, 6.07) is 15.2. The highest BCUT2D eigenvalue weighted by atomic mass is 16.5. The van der Waals surface area contributed by atoms with Gasteiger partial charge in [0.15, 0.2) is 0 Å². The third-order valence-electron chi connectivity index (χ3n) is 6.72. The summed E-state index contributed by atoms with van der Waals surface area (Å²) >= 11 is 0. The van der Waals surface area contributed by atoms with Crippen molar-refractivity contribution in [2.45, 2.75) is 18.9 Å². The molecule has 3 aromatic rings. The number of piperidine rings is 1. The molecule has 0 spiro atoms. The van der Waals surface area contributed by atoms with Crippen LogP contribution in [0, 0.1) is 11.8 Å². The molecule has 2 saturated heterocycles. The van der Waals surface area contributed by atoms with Crippen molar-refractivity contribution >= 4 is 16.7 Å². The van der Waals surface area contributed by atoms with E-state index in [1.54, 1.807) is 7.11 Å². The molecule has 2 aliphatic rings. The summed E-state index contributed by atoms with van der Waals surface area (Å²) in [5.74, 6) is 2.88. The Morgan fingerprint density at radius 3 is 2.81 bits per heavy atom. The number of aromatic nitrogens is 2. The van der Waals surface area contributed by atoms with Gasteiger partial charge in [-0.2, -0.15) is 0 Å². The van der Waals surface area contributed by atoms with Gasteiger partial charge in [-0.3, -0.25) is 5.43 Å². The van der Waals surface area contributed by atoms with Crippen molar-refractivity contribution < 1.29 is 4.74 Å². The van der Waals surface area contributed by atoms with Crippen LogP contribution < -0.4 is 25.8 Å². The number of nitrogens with one attached hydrogen (secondary N) is 3. The molecule has 3 heterocycles. The minimum atomic E-state index is 0.301. The first-order valence-electron chi connectivity index (χ1n) is 11.6. The Hall–Kier alpha value is -2.74. The Morgan fingerprint density at radius 2 is 1.94 bits per heavy atom. The van der Waals surface area contributed by atoms with Crippen molar-refractivity contribution in [2.75, 3.05) is 44.7 Å². The fourth-order valence-electron chi connectivity index (χ4n) is 4.98. The quantitative estimate of drug-likeness (QED) is 0.530. The van der Waals surface area contributed by atoms with Gasteiger partial charge in [-0.25, -0.2) is 15.4 Å². The molecular weight excluding hydrogens is 400 g/mol. The second kappa shape index (κ2) is 9.81. The van der Waals surface area contributed by atoms with Gasteiger partial charge in [-0.1, -0.05) is 18.2 Å². The van der Waals surface area contributed by atoms with Gasteiger partial charge in [-0.05, 0) is 65.9 Å². The van der Waals surface area contributed by atoms with Crippen molar-refractivity contribution in [1.29, 1.82) is 0 Å². The van der Waals surface area contributed by atoms with Crippen molar-refractivity contribution in [2.24, 2.45) is 11.8 Å². The summed E-state index contributed by atoms with van der Waals surface area (Å²) in [5, 5.41) is 6.21. The Morgan fingerprint density at radius 1 is 1.09 bits per heavy atom. The van der Waals surface area contributed by atoms with E-state index in [4.69, 9.17) is 4.74 Å². The molecule has 0 amide bonds. The van der Waals surface area contributed by atoms with Gasteiger partial charge < -0.3 is 15.0 Å². The highest BCUT2D eigenvalue weighted by molar-refractivity contribution is 5.84. The number of ether oxygens (including phenoxy) is 1. The summed E-state index contributed by atoms with van der Waals surface area (Å²) in [5.41, 5.74) is 8.18. The van der Waals surface area contributed by atoms with Crippen molar-refractivity contribution in [3.63, 3.8) is 0 Å². The summed E-state index contributed by atoms with van der Waals surface area (Å²) in [7, 11) is 1.71. The molecule has 168 valence electrons. The predicted octanol–water partition coefficient (Wildman–Crippen LogP) is 2.91. The average Bonchev–Trinajstić information content (AvgIpc) is 3.32. The Labute approximate surface area is 189 Å². The van der Waals surface area contributed by atoms with Crippen LogP contribution in [0.1, 0.15) is 24.4 Å². The molecule has 7 nitrogen and oxygen atoms in total. The Balaban J connectivity index is 1.17. The lowest BCUT2D eigenvalue weighted by molar-refractivity contribution is 0.365. The van der Waals surface area contributed by atoms with Crippen LogP contribution >= 0.6 is 0 Å². The van der Waals surface area contributed by atoms with Crippen LogP contribution in [0.25, 0.3) is 10.8 Å². The highest BCUT2D eigenvalue weighted by Crippen LogP contribution is 2.29. The van der Waals surface area contributed by atoms with Gasteiger partial charge >= 0.3 is 0 Å². The fourth-order valence-corrected chi connectivity index (χ4v) is 4.98. The van der Waals surface area contributed by atoms with Gasteiger partial charge in [0.2, 0.25) is 5.95 Å². The van der Waals surface area contributed by atoms with Gasteiger partial charge in [0, 0.05) is 44.5 Å². The van der Waals surface area contributed by atoms with Crippen molar-refractivity contribution in [1.82, 2.24) is 26.1 Å². The monoisotopic (exact) mass is 432 g/mol. The molecule has 5 rings (SSSR count). The number of fused-ring (bicyclic) bond motifs is 1. The highest BCUT2D eigenvalue weighted by Gasteiger charge is 2.29. The van der Waals surface area contributed by atoms with Gasteiger partial charge in [-0.15, -0.1) is 0 Å². The maximum absolute atomic E-state index is 5.35. The number of methoxy groups -OCH3 is 1. The van der Waals surface area contributed by atoms with Crippen molar-refractivity contribution in [3.05, 3.63) is 60.4 Å². The Kier molecular flexibility index (Phi) is 6.48. The standard InChI is InChI=1S/C25H32N6O/c1-32-23-8-7-19-12-21(6-5-20(19)13-23)24-22(16-29-30-24)15-26-14-18-4-2-11-31(17-18)25-27-9-3-10-28-25/h3,5-10,12-13,18,22,24,26,29-30H,2,4,11,14-17H2,1H3. The predicted molar refractivity (Wildman–Crippen MR) is 128 cm³/mol. The molecule has 2 fully saturated rings. The van der Waals surface area contributed by atoms with Crippen LogP contribution in [-0.4, -0.2) is 49.8 Å².